The number of rotatable bonds is 4. The lowest BCUT2D eigenvalue weighted by atomic mass is 9.82. The van der Waals surface area contributed by atoms with Gasteiger partial charge in [0, 0.05) is 19.0 Å². The predicted molar refractivity (Wildman–Crippen MR) is 94.7 cm³/mol. The van der Waals surface area contributed by atoms with Crippen molar-refractivity contribution in [3.63, 3.8) is 0 Å². The molecule has 5 nitrogen and oxygen atoms in total. The molecule has 1 aliphatic carbocycles. The van der Waals surface area contributed by atoms with E-state index in [4.69, 9.17) is 4.74 Å². The van der Waals surface area contributed by atoms with Crippen LogP contribution in [0.4, 0.5) is 0 Å². The molecule has 1 saturated heterocycles. The van der Waals surface area contributed by atoms with Crippen LogP contribution < -0.4 is 4.74 Å². The van der Waals surface area contributed by atoms with Crippen LogP contribution in [-0.4, -0.2) is 42.1 Å². The number of carboxylic acids is 1. The summed E-state index contributed by atoms with van der Waals surface area (Å²) in [5, 5.41) is 9.64. The molecule has 1 fully saturated rings. The van der Waals surface area contributed by atoms with Gasteiger partial charge < -0.3 is 14.7 Å². The molecular formula is C20H25NO4. The van der Waals surface area contributed by atoms with Gasteiger partial charge in [0.15, 0.2) is 5.41 Å². The van der Waals surface area contributed by atoms with Crippen molar-refractivity contribution in [2.75, 3.05) is 20.2 Å². The number of hydrogen-bond acceptors (Lipinski definition) is 3. The van der Waals surface area contributed by atoms with E-state index in [0.29, 0.717) is 25.9 Å². The second-order valence-electron chi connectivity index (χ2n) is 7.09. The molecule has 1 atom stereocenters. The zero-order valence-electron chi connectivity index (χ0n) is 14.8. The molecule has 0 aromatic heterocycles. The molecule has 0 spiro atoms. The van der Waals surface area contributed by atoms with E-state index in [1.54, 1.807) is 24.2 Å². The van der Waals surface area contributed by atoms with Crippen LogP contribution in [0.5, 0.6) is 5.75 Å². The topological polar surface area (TPSA) is 66.8 Å². The Hall–Kier alpha value is -2.30. The lowest BCUT2D eigenvalue weighted by Crippen LogP contribution is -2.50. The van der Waals surface area contributed by atoms with Crippen LogP contribution >= 0.6 is 0 Å². The molecule has 3 rings (SSSR count). The van der Waals surface area contributed by atoms with Gasteiger partial charge in [-0.15, -0.1) is 0 Å². The zero-order valence-corrected chi connectivity index (χ0v) is 14.8. The maximum atomic E-state index is 13.0. The molecule has 1 aromatic carbocycles. The number of ether oxygens (including phenoxy) is 1. The Balaban J connectivity index is 1.78. The highest BCUT2D eigenvalue weighted by Crippen LogP contribution is 2.38. The van der Waals surface area contributed by atoms with Crippen LogP contribution in [-0.2, 0) is 9.59 Å². The Labute approximate surface area is 148 Å². The van der Waals surface area contributed by atoms with Crippen LogP contribution in [0.2, 0.25) is 0 Å². The van der Waals surface area contributed by atoms with Gasteiger partial charge in [0.25, 0.3) is 0 Å². The number of hydrogen-bond donors (Lipinski definition) is 1. The van der Waals surface area contributed by atoms with Crippen LogP contribution in [0.15, 0.2) is 30.4 Å². The third kappa shape index (κ3) is 3.15. The molecule has 1 heterocycles. The standard InChI is InChI=1S/C20H25NO4/c1-14-12-15(7-8-17(14)25-2)16-6-5-11-21(13-16)18(22)20(19(23)24)9-3-4-10-20/h3-4,7-8,12,16H,5-6,9-11,13H2,1-2H3,(H,23,24). The summed E-state index contributed by atoms with van der Waals surface area (Å²) in [6, 6.07) is 6.13. The Morgan fingerprint density at radius 3 is 2.60 bits per heavy atom. The summed E-state index contributed by atoms with van der Waals surface area (Å²) in [6.07, 6.45) is 6.10. The highest BCUT2D eigenvalue weighted by molar-refractivity contribution is 6.02. The van der Waals surface area contributed by atoms with E-state index in [1.807, 2.05) is 13.0 Å². The molecule has 0 radical (unpaired) electrons. The van der Waals surface area contributed by atoms with Crippen LogP contribution in [0.25, 0.3) is 0 Å². The summed E-state index contributed by atoms with van der Waals surface area (Å²) in [6.45, 7) is 3.23. The lowest BCUT2D eigenvalue weighted by Gasteiger charge is -2.37. The van der Waals surface area contributed by atoms with E-state index in [0.717, 1.165) is 24.2 Å². The molecule has 2 aliphatic rings. The average molecular weight is 343 g/mol. The number of carbonyl (C=O) groups excluding carboxylic acids is 1. The quantitative estimate of drug-likeness (QED) is 0.674. The number of nitrogens with zero attached hydrogens (tertiary/aromatic N) is 1. The number of carboxylic acid groups (broad SMARTS) is 1. The molecular weight excluding hydrogens is 318 g/mol. The second-order valence-corrected chi connectivity index (χ2v) is 7.09. The van der Waals surface area contributed by atoms with Crippen molar-refractivity contribution in [1.82, 2.24) is 4.90 Å². The normalized spacial score (nSPS) is 22.0. The fourth-order valence-electron chi connectivity index (χ4n) is 3.98. The van der Waals surface area contributed by atoms with Gasteiger partial charge in [0.1, 0.15) is 5.75 Å². The predicted octanol–water partition coefficient (Wildman–Crippen LogP) is 3.13. The van der Waals surface area contributed by atoms with Crippen LogP contribution in [0.1, 0.15) is 42.7 Å². The molecule has 25 heavy (non-hydrogen) atoms. The van der Waals surface area contributed by atoms with Crippen molar-refractivity contribution in [3.8, 4) is 5.75 Å². The number of piperidine rings is 1. The molecule has 134 valence electrons. The number of aliphatic carboxylic acids is 1. The number of benzene rings is 1. The van der Waals surface area contributed by atoms with E-state index in [9.17, 15) is 14.7 Å². The van der Waals surface area contributed by atoms with Crippen LogP contribution in [0, 0.1) is 12.3 Å². The molecule has 1 unspecified atom stereocenters. The minimum absolute atomic E-state index is 0.236. The molecule has 5 heteroatoms. The SMILES string of the molecule is COc1ccc(C2CCCN(C(=O)C3(C(=O)O)CC=CC3)C2)cc1C. The maximum absolute atomic E-state index is 13.0. The summed E-state index contributed by atoms with van der Waals surface area (Å²) >= 11 is 0. The number of amides is 1. The molecule has 1 N–H and O–H groups in total. The Bertz CT molecular complexity index is 702. The molecule has 0 bridgehead atoms. The number of aryl methyl sites for hydroxylation is 1. The highest BCUT2D eigenvalue weighted by Gasteiger charge is 2.49. The van der Waals surface area contributed by atoms with E-state index in [2.05, 4.69) is 12.1 Å². The van der Waals surface area contributed by atoms with Crippen molar-refractivity contribution in [2.24, 2.45) is 5.41 Å². The van der Waals surface area contributed by atoms with Crippen molar-refractivity contribution in [1.29, 1.82) is 0 Å². The van der Waals surface area contributed by atoms with Gasteiger partial charge in [0.05, 0.1) is 7.11 Å². The third-order valence-electron chi connectivity index (χ3n) is 5.52. The summed E-state index contributed by atoms with van der Waals surface area (Å²) in [5.74, 6) is -0.151. The van der Waals surface area contributed by atoms with Gasteiger partial charge in [-0.2, -0.15) is 0 Å². The van der Waals surface area contributed by atoms with Crippen molar-refractivity contribution in [3.05, 3.63) is 41.5 Å². The van der Waals surface area contributed by atoms with Gasteiger partial charge in [-0.1, -0.05) is 24.3 Å². The minimum atomic E-state index is -1.29. The van der Waals surface area contributed by atoms with Crippen molar-refractivity contribution in [2.45, 2.75) is 38.5 Å². The fraction of sp³-hybridized carbons (Fsp3) is 0.500. The molecule has 1 aromatic rings. The molecule has 1 amide bonds. The zero-order chi connectivity index (χ0) is 18.0. The first kappa shape index (κ1) is 17.5. The van der Waals surface area contributed by atoms with Crippen LogP contribution in [0.3, 0.4) is 0 Å². The Morgan fingerprint density at radius 2 is 2.00 bits per heavy atom. The van der Waals surface area contributed by atoms with E-state index < -0.39 is 11.4 Å². The number of likely N-dealkylation sites (tertiary alicyclic amines) is 1. The van der Waals surface area contributed by atoms with Gasteiger partial charge in [-0.05, 0) is 49.8 Å². The minimum Gasteiger partial charge on any atom is -0.496 e. The van der Waals surface area contributed by atoms with Crippen molar-refractivity contribution >= 4 is 11.9 Å². The van der Waals surface area contributed by atoms with E-state index in [-0.39, 0.29) is 11.8 Å². The lowest BCUT2D eigenvalue weighted by molar-refractivity contribution is -0.160. The third-order valence-corrected chi connectivity index (χ3v) is 5.52. The summed E-state index contributed by atoms with van der Waals surface area (Å²) in [4.78, 5) is 26.5. The average Bonchev–Trinajstić information content (AvgIpc) is 3.12. The highest BCUT2D eigenvalue weighted by atomic mass is 16.5. The van der Waals surface area contributed by atoms with Gasteiger partial charge in [-0.3, -0.25) is 9.59 Å². The second kappa shape index (κ2) is 6.90. The smallest absolute Gasteiger partial charge is 0.319 e. The number of carbonyl (C=O) groups is 2. The summed E-state index contributed by atoms with van der Waals surface area (Å²) in [5.41, 5.74) is 0.965. The molecule has 0 saturated carbocycles. The monoisotopic (exact) mass is 343 g/mol. The maximum Gasteiger partial charge on any atom is 0.319 e. The molecule has 1 aliphatic heterocycles. The Kier molecular flexibility index (Phi) is 4.84. The van der Waals surface area contributed by atoms with E-state index in [1.165, 1.54) is 5.56 Å². The van der Waals surface area contributed by atoms with Crippen molar-refractivity contribution < 1.29 is 19.4 Å². The summed E-state index contributed by atoms with van der Waals surface area (Å²) < 4.78 is 5.32. The largest absolute Gasteiger partial charge is 0.496 e. The van der Waals surface area contributed by atoms with Gasteiger partial charge in [0.2, 0.25) is 5.91 Å². The fourth-order valence-corrected chi connectivity index (χ4v) is 3.98. The number of methoxy groups -OCH3 is 1. The van der Waals surface area contributed by atoms with Gasteiger partial charge >= 0.3 is 5.97 Å². The Morgan fingerprint density at radius 1 is 1.28 bits per heavy atom. The van der Waals surface area contributed by atoms with E-state index >= 15 is 0 Å². The summed E-state index contributed by atoms with van der Waals surface area (Å²) in [7, 11) is 1.66. The first-order chi connectivity index (χ1) is 12.0. The van der Waals surface area contributed by atoms with Gasteiger partial charge in [-0.25, -0.2) is 0 Å². The number of allylic oxidation sites excluding steroid dienone is 2. The first-order valence-corrected chi connectivity index (χ1v) is 8.80. The first-order valence-electron chi connectivity index (χ1n) is 8.80.